The van der Waals surface area contributed by atoms with Crippen molar-refractivity contribution in [3.8, 4) is 16.9 Å². The van der Waals surface area contributed by atoms with Gasteiger partial charge in [-0.25, -0.2) is 13.6 Å². The number of hydrogen-bond donors (Lipinski definition) is 1. The van der Waals surface area contributed by atoms with Crippen molar-refractivity contribution >= 4 is 10.0 Å². The van der Waals surface area contributed by atoms with E-state index in [2.05, 4.69) is 20.8 Å². The second kappa shape index (κ2) is 6.46. The highest BCUT2D eigenvalue weighted by Crippen LogP contribution is 2.41. The molecule has 0 aromatic heterocycles. The number of hydrogen-bond acceptors (Lipinski definition) is 3. The molecule has 2 aromatic rings. The van der Waals surface area contributed by atoms with E-state index in [1.165, 1.54) is 0 Å². The Labute approximate surface area is 150 Å². The van der Waals surface area contributed by atoms with Gasteiger partial charge in [-0.3, -0.25) is 0 Å². The summed E-state index contributed by atoms with van der Waals surface area (Å²) in [6.07, 6.45) is 2.83. The van der Waals surface area contributed by atoms with Gasteiger partial charge in [0.05, 0.1) is 11.5 Å². The zero-order chi connectivity index (χ0) is 18.2. The van der Waals surface area contributed by atoms with Crippen LogP contribution >= 0.6 is 0 Å². The summed E-state index contributed by atoms with van der Waals surface area (Å²) >= 11 is 0. The molecule has 0 amide bonds. The molecular formula is C20H25NO3S. The van der Waals surface area contributed by atoms with Gasteiger partial charge in [-0.05, 0) is 53.6 Å². The van der Waals surface area contributed by atoms with Crippen LogP contribution in [0, 0.1) is 0 Å². The Bertz CT molecular complexity index is 901. The van der Waals surface area contributed by atoms with Crippen LogP contribution in [0.1, 0.15) is 44.7 Å². The van der Waals surface area contributed by atoms with E-state index >= 15 is 0 Å². The van der Waals surface area contributed by atoms with Gasteiger partial charge in [0.25, 0.3) is 0 Å². The highest BCUT2D eigenvalue weighted by Gasteiger charge is 2.29. The molecule has 0 aliphatic carbocycles. The van der Waals surface area contributed by atoms with E-state index in [0.29, 0.717) is 12.2 Å². The number of benzene rings is 2. The third kappa shape index (κ3) is 3.58. The van der Waals surface area contributed by atoms with Crippen LogP contribution in [0.25, 0.3) is 11.1 Å². The highest BCUT2D eigenvalue weighted by molar-refractivity contribution is 7.89. The van der Waals surface area contributed by atoms with E-state index < -0.39 is 10.0 Å². The fourth-order valence-corrected chi connectivity index (χ4v) is 4.14. The highest BCUT2D eigenvalue weighted by atomic mass is 32.2. The Kier molecular flexibility index (Phi) is 4.64. The molecule has 1 aliphatic heterocycles. The molecule has 1 aliphatic rings. The molecule has 0 radical (unpaired) electrons. The summed E-state index contributed by atoms with van der Waals surface area (Å²) in [4.78, 5) is 0.168. The first-order chi connectivity index (χ1) is 11.7. The average molecular weight is 359 g/mol. The molecule has 0 bridgehead atoms. The normalized spacial score (nSPS) is 16.2. The Morgan fingerprint density at radius 1 is 1.16 bits per heavy atom. The van der Waals surface area contributed by atoms with Gasteiger partial charge in [-0.15, -0.1) is 0 Å². The molecule has 25 heavy (non-hydrogen) atoms. The third-order valence-electron chi connectivity index (χ3n) is 4.89. The van der Waals surface area contributed by atoms with Crippen molar-refractivity contribution in [1.82, 2.24) is 0 Å². The van der Waals surface area contributed by atoms with Gasteiger partial charge >= 0.3 is 0 Å². The van der Waals surface area contributed by atoms with Crippen LogP contribution in [-0.4, -0.2) is 15.0 Å². The summed E-state index contributed by atoms with van der Waals surface area (Å²) < 4.78 is 29.9. The van der Waals surface area contributed by atoms with E-state index in [1.807, 2.05) is 30.3 Å². The maximum Gasteiger partial charge on any atom is 0.238 e. The van der Waals surface area contributed by atoms with Crippen LogP contribution < -0.4 is 9.88 Å². The first kappa shape index (κ1) is 18.0. The zero-order valence-electron chi connectivity index (χ0n) is 15.0. The SMILES string of the molecule is CCCc1ccc(S(N)(=O)=O)c(-c2ccc3c(c2)C(C)(C)CCO3)c1. The second-order valence-electron chi connectivity index (χ2n) is 7.32. The molecule has 4 nitrogen and oxygen atoms in total. The minimum atomic E-state index is -3.79. The van der Waals surface area contributed by atoms with Crippen molar-refractivity contribution in [2.45, 2.75) is 50.3 Å². The van der Waals surface area contributed by atoms with Gasteiger partial charge < -0.3 is 4.74 Å². The number of primary sulfonamides is 1. The largest absolute Gasteiger partial charge is 0.493 e. The summed E-state index contributed by atoms with van der Waals surface area (Å²) in [5.74, 6) is 0.877. The Hall–Kier alpha value is -1.85. The maximum atomic E-state index is 12.1. The molecule has 0 fully saturated rings. The van der Waals surface area contributed by atoms with Crippen LogP contribution in [0.4, 0.5) is 0 Å². The fourth-order valence-electron chi connectivity index (χ4n) is 3.40. The Morgan fingerprint density at radius 2 is 1.92 bits per heavy atom. The lowest BCUT2D eigenvalue weighted by atomic mass is 9.79. The van der Waals surface area contributed by atoms with Gasteiger partial charge in [-0.2, -0.15) is 0 Å². The topological polar surface area (TPSA) is 69.4 Å². The monoisotopic (exact) mass is 359 g/mol. The molecule has 0 unspecified atom stereocenters. The Balaban J connectivity index is 2.20. The minimum Gasteiger partial charge on any atom is -0.493 e. The van der Waals surface area contributed by atoms with Crippen molar-refractivity contribution in [3.63, 3.8) is 0 Å². The summed E-state index contributed by atoms with van der Waals surface area (Å²) in [7, 11) is -3.79. The molecule has 0 saturated carbocycles. The Morgan fingerprint density at radius 3 is 2.60 bits per heavy atom. The predicted molar refractivity (Wildman–Crippen MR) is 100 cm³/mol. The smallest absolute Gasteiger partial charge is 0.238 e. The van der Waals surface area contributed by atoms with Gasteiger partial charge in [0.1, 0.15) is 5.75 Å². The van der Waals surface area contributed by atoms with Crippen LogP contribution in [-0.2, 0) is 21.9 Å². The lowest BCUT2D eigenvalue weighted by molar-refractivity contribution is 0.234. The third-order valence-corrected chi connectivity index (χ3v) is 5.86. The number of nitrogens with two attached hydrogens (primary N) is 1. The van der Waals surface area contributed by atoms with Gasteiger partial charge in [0, 0.05) is 11.1 Å². The van der Waals surface area contributed by atoms with Crippen molar-refractivity contribution in [3.05, 3.63) is 47.5 Å². The van der Waals surface area contributed by atoms with E-state index in [-0.39, 0.29) is 10.3 Å². The fraction of sp³-hybridized carbons (Fsp3) is 0.400. The molecule has 2 aromatic carbocycles. The van der Waals surface area contributed by atoms with Crippen molar-refractivity contribution in [1.29, 1.82) is 0 Å². The van der Waals surface area contributed by atoms with E-state index in [1.54, 1.807) is 6.07 Å². The lowest BCUT2D eigenvalue weighted by Crippen LogP contribution is -2.26. The molecule has 0 spiro atoms. The molecule has 0 atom stereocenters. The first-order valence-corrected chi connectivity index (χ1v) is 10.2. The number of fused-ring (bicyclic) bond motifs is 1. The van der Waals surface area contributed by atoms with Crippen LogP contribution in [0.5, 0.6) is 5.75 Å². The maximum absolute atomic E-state index is 12.1. The summed E-state index contributed by atoms with van der Waals surface area (Å²) in [5, 5.41) is 5.46. The number of ether oxygens (including phenoxy) is 1. The van der Waals surface area contributed by atoms with E-state index in [0.717, 1.165) is 41.7 Å². The van der Waals surface area contributed by atoms with Crippen molar-refractivity contribution < 1.29 is 13.2 Å². The summed E-state index contributed by atoms with van der Waals surface area (Å²) in [6, 6.07) is 11.3. The zero-order valence-corrected chi connectivity index (χ0v) is 15.8. The molecule has 3 rings (SSSR count). The van der Waals surface area contributed by atoms with Gasteiger partial charge in [-0.1, -0.05) is 39.3 Å². The van der Waals surface area contributed by atoms with E-state index in [9.17, 15) is 8.42 Å². The van der Waals surface area contributed by atoms with Crippen LogP contribution in [0.2, 0.25) is 0 Å². The molecule has 0 saturated heterocycles. The number of rotatable bonds is 4. The molecule has 5 heteroatoms. The molecule has 1 heterocycles. The standard InChI is InChI=1S/C20H25NO3S/c1-4-5-14-6-9-19(25(21,22)23)16(12-14)15-7-8-18-17(13-15)20(2,3)10-11-24-18/h6-9,12-13H,4-5,10-11H2,1-3H3,(H2,21,22,23). The predicted octanol–water partition coefficient (Wildman–Crippen LogP) is 4.01. The molecule has 2 N–H and O–H groups in total. The second-order valence-corrected chi connectivity index (χ2v) is 8.85. The van der Waals surface area contributed by atoms with Crippen LogP contribution in [0.3, 0.4) is 0 Å². The lowest BCUT2D eigenvalue weighted by Gasteiger charge is -2.32. The molecular weight excluding hydrogens is 334 g/mol. The molecule has 134 valence electrons. The van der Waals surface area contributed by atoms with Gasteiger partial charge in [0.2, 0.25) is 10.0 Å². The van der Waals surface area contributed by atoms with Crippen molar-refractivity contribution in [2.75, 3.05) is 6.61 Å². The number of sulfonamides is 1. The quantitative estimate of drug-likeness (QED) is 0.896. The first-order valence-electron chi connectivity index (χ1n) is 8.66. The average Bonchev–Trinajstić information content (AvgIpc) is 2.54. The van der Waals surface area contributed by atoms with Crippen molar-refractivity contribution in [2.24, 2.45) is 5.14 Å². The minimum absolute atomic E-state index is 0.00756. The van der Waals surface area contributed by atoms with Crippen LogP contribution in [0.15, 0.2) is 41.3 Å². The van der Waals surface area contributed by atoms with Gasteiger partial charge in [0.15, 0.2) is 0 Å². The number of aryl methyl sites for hydroxylation is 1. The summed E-state index contributed by atoms with van der Waals surface area (Å²) in [5.41, 5.74) is 3.74. The van der Waals surface area contributed by atoms with E-state index in [4.69, 9.17) is 9.88 Å². The summed E-state index contributed by atoms with van der Waals surface area (Å²) in [6.45, 7) is 7.18.